The van der Waals surface area contributed by atoms with Crippen LogP contribution in [0.2, 0.25) is 0 Å². The molecule has 2 N–H and O–H groups in total. The lowest BCUT2D eigenvalue weighted by atomic mass is 10.1. The zero-order valence-electron chi connectivity index (χ0n) is 12.3. The lowest BCUT2D eigenvalue weighted by Crippen LogP contribution is -2.39. The van der Waals surface area contributed by atoms with Crippen LogP contribution >= 0.6 is 0 Å². The van der Waals surface area contributed by atoms with E-state index in [0.29, 0.717) is 11.1 Å². The second kappa shape index (κ2) is 8.47. The fourth-order valence-electron chi connectivity index (χ4n) is 1.47. The number of nitrogens with one attached hydrogen (secondary N) is 2. The van der Waals surface area contributed by atoms with Crippen LogP contribution in [0.1, 0.15) is 22.8 Å². The van der Waals surface area contributed by atoms with Gasteiger partial charge < -0.3 is 9.47 Å². The molecule has 9 heteroatoms. The first kappa shape index (κ1) is 18.1. The van der Waals surface area contributed by atoms with Crippen LogP contribution in [0.5, 0.6) is 0 Å². The molecule has 1 aromatic carbocycles. The van der Waals surface area contributed by atoms with Crippen molar-refractivity contribution in [2.24, 2.45) is 0 Å². The number of carbonyl (C=O) groups is 2. The van der Waals surface area contributed by atoms with Gasteiger partial charge in [-0.3, -0.25) is 4.79 Å². The second-order valence-electron chi connectivity index (χ2n) is 4.14. The van der Waals surface area contributed by atoms with Crippen LogP contribution in [0.25, 0.3) is 0 Å². The predicted octanol–water partition coefficient (Wildman–Crippen LogP) is -0.0397. The van der Waals surface area contributed by atoms with Gasteiger partial charge in [0.05, 0.1) is 19.3 Å². The van der Waals surface area contributed by atoms with Crippen LogP contribution in [-0.4, -0.2) is 40.6 Å². The monoisotopic (exact) mass is 330 g/mol. The smallest absolute Gasteiger partial charge is 0.337 e. The summed E-state index contributed by atoms with van der Waals surface area (Å²) in [5, 5.41) is 0. The van der Waals surface area contributed by atoms with E-state index in [2.05, 4.69) is 18.9 Å². The largest absolute Gasteiger partial charge is 0.465 e. The molecule has 0 atom stereocenters. The van der Waals surface area contributed by atoms with E-state index in [-0.39, 0.29) is 13.2 Å². The van der Waals surface area contributed by atoms with Gasteiger partial charge in [0.2, 0.25) is 0 Å². The van der Waals surface area contributed by atoms with Crippen LogP contribution in [0.3, 0.4) is 0 Å². The third-order valence-electron chi connectivity index (χ3n) is 2.55. The van der Waals surface area contributed by atoms with Crippen molar-refractivity contribution in [3.05, 3.63) is 35.4 Å². The van der Waals surface area contributed by atoms with Gasteiger partial charge in [-0.2, -0.15) is 17.9 Å². The number of methoxy groups -OCH3 is 1. The quantitative estimate of drug-likeness (QED) is 0.647. The number of benzene rings is 1. The Balaban J connectivity index is 2.50. The van der Waals surface area contributed by atoms with Crippen molar-refractivity contribution in [3.8, 4) is 0 Å². The Morgan fingerprint density at radius 3 is 2.32 bits per heavy atom. The Kier molecular flexibility index (Phi) is 6.96. The SMILES string of the molecule is CCOC(=O)CNS(=O)(=O)NCc1ccc(C(=O)OC)cc1. The van der Waals surface area contributed by atoms with E-state index in [0.717, 1.165) is 0 Å². The Hall–Kier alpha value is -1.97. The number of hydrogen-bond donors (Lipinski definition) is 2. The minimum absolute atomic E-state index is 0.0135. The van der Waals surface area contributed by atoms with Crippen LogP contribution in [-0.2, 0) is 31.0 Å². The van der Waals surface area contributed by atoms with Gasteiger partial charge in [0.25, 0.3) is 10.2 Å². The van der Waals surface area contributed by atoms with E-state index in [9.17, 15) is 18.0 Å². The maximum atomic E-state index is 11.6. The van der Waals surface area contributed by atoms with E-state index < -0.39 is 28.7 Å². The first-order valence-corrected chi connectivity index (χ1v) is 7.93. The third kappa shape index (κ3) is 6.20. The Labute approximate surface area is 129 Å². The van der Waals surface area contributed by atoms with Crippen molar-refractivity contribution in [1.82, 2.24) is 9.44 Å². The van der Waals surface area contributed by atoms with Crippen LogP contribution < -0.4 is 9.44 Å². The normalized spacial score (nSPS) is 11.0. The Bertz CT molecular complexity index is 612. The summed E-state index contributed by atoms with van der Waals surface area (Å²) in [5.41, 5.74) is 1.02. The van der Waals surface area contributed by atoms with Gasteiger partial charge in [0, 0.05) is 6.54 Å². The molecule has 22 heavy (non-hydrogen) atoms. The summed E-state index contributed by atoms with van der Waals surface area (Å²) >= 11 is 0. The number of hydrogen-bond acceptors (Lipinski definition) is 6. The zero-order valence-corrected chi connectivity index (χ0v) is 13.1. The van der Waals surface area contributed by atoms with E-state index in [1.54, 1.807) is 19.1 Å². The molecule has 0 heterocycles. The molecule has 1 aromatic rings. The number of esters is 2. The van der Waals surface area contributed by atoms with E-state index in [1.165, 1.54) is 19.2 Å². The highest BCUT2D eigenvalue weighted by atomic mass is 32.2. The summed E-state index contributed by atoms with van der Waals surface area (Å²) in [6, 6.07) is 6.25. The molecule has 0 aromatic heterocycles. The lowest BCUT2D eigenvalue weighted by Gasteiger charge is -2.08. The molecule has 0 saturated heterocycles. The van der Waals surface area contributed by atoms with Gasteiger partial charge in [0.15, 0.2) is 0 Å². The highest BCUT2D eigenvalue weighted by molar-refractivity contribution is 7.87. The fraction of sp³-hybridized carbons (Fsp3) is 0.385. The number of carbonyl (C=O) groups excluding carboxylic acids is 2. The maximum absolute atomic E-state index is 11.6. The van der Waals surface area contributed by atoms with Crippen molar-refractivity contribution < 1.29 is 27.5 Å². The molecule has 1 rings (SSSR count). The molecule has 0 saturated carbocycles. The maximum Gasteiger partial charge on any atom is 0.337 e. The van der Waals surface area contributed by atoms with Crippen LogP contribution in [0, 0.1) is 0 Å². The van der Waals surface area contributed by atoms with Crippen LogP contribution in [0.15, 0.2) is 24.3 Å². The van der Waals surface area contributed by atoms with Gasteiger partial charge in [0.1, 0.15) is 6.54 Å². The number of rotatable bonds is 8. The second-order valence-corrected chi connectivity index (χ2v) is 5.72. The molecular weight excluding hydrogens is 312 g/mol. The standard InChI is InChI=1S/C13H18N2O6S/c1-3-21-12(16)9-15-22(18,19)14-8-10-4-6-11(7-5-10)13(17)20-2/h4-7,14-15H,3,8-9H2,1-2H3. The predicted molar refractivity (Wildman–Crippen MR) is 78.2 cm³/mol. The summed E-state index contributed by atoms with van der Waals surface area (Å²) in [6.07, 6.45) is 0. The molecule has 0 aliphatic carbocycles. The molecule has 0 fully saturated rings. The molecule has 0 unspecified atom stereocenters. The van der Waals surface area contributed by atoms with Gasteiger partial charge in [-0.1, -0.05) is 12.1 Å². The average Bonchev–Trinajstić information content (AvgIpc) is 2.51. The van der Waals surface area contributed by atoms with Crippen molar-refractivity contribution >= 4 is 22.1 Å². The van der Waals surface area contributed by atoms with Crippen molar-refractivity contribution in [2.45, 2.75) is 13.5 Å². The summed E-state index contributed by atoms with van der Waals surface area (Å²) in [5.74, 6) is -1.13. The minimum Gasteiger partial charge on any atom is -0.465 e. The molecule has 0 aliphatic rings. The van der Waals surface area contributed by atoms with E-state index in [1.807, 2.05) is 0 Å². The summed E-state index contributed by atoms with van der Waals surface area (Å²) < 4.78 is 36.8. The lowest BCUT2D eigenvalue weighted by molar-refractivity contribution is -0.141. The Morgan fingerprint density at radius 1 is 1.14 bits per heavy atom. The van der Waals surface area contributed by atoms with Crippen molar-refractivity contribution in [2.75, 3.05) is 20.3 Å². The first-order chi connectivity index (χ1) is 10.4. The zero-order chi connectivity index (χ0) is 16.6. The van der Waals surface area contributed by atoms with Crippen molar-refractivity contribution in [1.29, 1.82) is 0 Å². The van der Waals surface area contributed by atoms with Gasteiger partial charge in [-0.25, -0.2) is 4.79 Å². The average molecular weight is 330 g/mol. The van der Waals surface area contributed by atoms with Gasteiger partial charge in [-0.15, -0.1) is 0 Å². The summed E-state index contributed by atoms with van der Waals surface area (Å²) in [7, 11) is -2.54. The highest BCUT2D eigenvalue weighted by Crippen LogP contribution is 2.05. The molecule has 8 nitrogen and oxygen atoms in total. The minimum atomic E-state index is -3.82. The Morgan fingerprint density at radius 2 is 1.77 bits per heavy atom. The molecule has 0 bridgehead atoms. The van der Waals surface area contributed by atoms with Gasteiger partial charge in [-0.05, 0) is 24.6 Å². The molecule has 122 valence electrons. The topological polar surface area (TPSA) is 111 Å². The fourth-order valence-corrected chi connectivity index (χ4v) is 2.24. The van der Waals surface area contributed by atoms with Crippen molar-refractivity contribution in [3.63, 3.8) is 0 Å². The highest BCUT2D eigenvalue weighted by Gasteiger charge is 2.12. The first-order valence-electron chi connectivity index (χ1n) is 6.45. The summed E-state index contributed by atoms with van der Waals surface area (Å²) in [6.45, 7) is 1.38. The van der Waals surface area contributed by atoms with Gasteiger partial charge >= 0.3 is 11.9 Å². The third-order valence-corrected chi connectivity index (χ3v) is 3.60. The molecule has 0 spiro atoms. The number of ether oxygens (including phenoxy) is 2. The summed E-state index contributed by atoms with van der Waals surface area (Å²) in [4.78, 5) is 22.3. The molecule has 0 radical (unpaired) electrons. The molecule has 0 amide bonds. The van der Waals surface area contributed by atoms with E-state index in [4.69, 9.17) is 0 Å². The van der Waals surface area contributed by atoms with E-state index >= 15 is 0 Å². The van der Waals surface area contributed by atoms with Crippen LogP contribution in [0.4, 0.5) is 0 Å². The molecule has 0 aliphatic heterocycles. The molecular formula is C13H18N2O6S.